The van der Waals surface area contributed by atoms with Crippen LogP contribution >= 0.6 is 0 Å². The van der Waals surface area contributed by atoms with Crippen molar-refractivity contribution in [3.63, 3.8) is 0 Å². The van der Waals surface area contributed by atoms with E-state index >= 15 is 0 Å². The van der Waals surface area contributed by atoms with Crippen LogP contribution in [0.25, 0.3) is 0 Å². The Kier molecular flexibility index (Phi) is 2.64. The highest BCUT2D eigenvalue weighted by Crippen LogP contribution is 2.35. The first-order chi connectivity index (χ1) is 5.24. The summed E-state index contributed by atoms with van der Waals surface area (Å²) in [6, 6.07) is 0. The topological polar surface area (TPSA) is 12.4 Å². The van der Waals surface area contributed by atoms with Crippen molar-refractivity contribution in [1.82, 2.24) is 0 Å². The number of rotatable bonds is 3. The molecule has 0 spiro atoms. The minimum absolute atomic E-state index is 0.795. The third-order valence-corrected chi connectivity index (χ3v) is 1.82. The van der Waals surface area contributed by atoms with Gasteiger partial charge in [0, 0.05) is 11.9 Å². The summed E-state index contributed by atoms with van der Waals surface area (Å²) in [4.78, 5) is 4.17. The maximum absolute atomic E-state index is 4.17. The van der Waals surface area contributed by atoms with E-state index in [1.807, 2.05) is 13.1 Å². The highest BCUT2D eigenvalue weighted by Gasteiger charge is 2.23. The standard InChI is InChI=1S/C10H15N/c1-4-9(10-5-6-10)7-11-8(2)3/h4,7,10H,2,5-6H2,1,3H3/b9-4+,11-7?. The van der Waals surface area contributed by atoms with Crippen LogP contribution in [0.5, 0.6) is 0 Å². The van der Waals surface area contributed by atoms with Gasteiger partial charge in [0.15, 0.2) is 0 Å². The largest absolute Gasteiger partial charge is 0.262 e. The molecule has 0 aromatic rings. The summed E-state index contributed by atoms with van der Waals surface area (Å²) >= 11 is 0. The van der Waals surface area contributed by atoms with Gasteiger partial charge in [-0.3, -0.25) is 4.99 Å². The molecule has 1 nitrogen and oxygen atoms in total. The fraction of sp³-hybridized carbons (Fsp3) is 0.500. The van der Waals surface area contributed by atoms with Crippen molar-refractivity contribution in [2.24, 2.45) is 10.9 Å². The molecule has 0 aromatic carbocycles. The molecule has 0 amide bonds. The van der Waals surface area contributed by atoms with Crippen molar-refractivity contribution in [2.45, 2.75) is 26.7 Å². The summed E-state index contributed by atoms with van der Waals surface area (Å²) < 4.78 is 0. The van der Waals surface area contributed by atoms with Gasteiger partial charge in [-0.1, -0.05) is 12.7 Å². The Hall–Kier alpha value is -0.850. The zero-order chi connectivity index (χ0) is 8.27. The molecule has 0 heterocycles. The zero-order valence-corrected chi connectivity index (χ0v) is 7.30. The second-order valence-electron chi connectivity index (χ2n) is 3.06. The number of nitrogens with zero attached hydrogens (tertiary/aromatic N) is 1. The summed E-state index contributed by atoms with van der Waals surface area (Å²) in [5, 5.41) is 0. The van der Waals surface area contributed by atoms with E-state index in [-0.39, 0.29) is 0 Å². The van der Waals surface area contributed by atoms with Crippen molar-refractivity contribution in [3.8, 4) is 0 Å². The molecule has 0 atom stereocenters. The maximum Gasteiger partial charge on any atom is 0.0302 e. The molecule has 0 unspecified atom stereocenters. The molecule has 0 radical (unpaired) electrons. The highest BCUT2D eigenvalue weighted by atomic mass is 14.7. The monoisotopic (exact) mass is 149 g/mol. The Morgan fingerprint density at radius 1 is 1.55 bits per heavy atom. The lowest BCUT2D eigenvalue weighted by Crippen LogP contribution is -1.86. The number of allylic oxidation sites excluding steroid dienone is 3. The van der Waals surface area contributed by atoms with Crippen LogP contribution in [0.1, 0.15) is 26.7 Å². The van der Waals surface area contributed by atoms with Gasteiger partial charge in [-0.15, -0.1) is 0 Å². The molecule has 1 rings (SSSR count). The SMILES string of the molecule is C=C(C)N=C/C(=C\C)C1CC1. The van der Waals surface area contributed by atoms with E-state index in [4.69, 9.17) is 0 Å². The Labute approximate surface area is 68.5 Å². The number of aliphatic imine (C=N–C) groups is 1. The third kappa shape index (κ3) is 2.71. The van der Waals surface area contributed by atoms with E-state index in [1.165, 1.54) is 18.4 Å². The smallest absolute Gasteiger partial charge is 0.0302 e. The average molecular weight is 149 g/mol. The molecule has 1 aliphatic carbocycles. The van der Waals surface area contributed by atoms with Crippen LogP contribution in [0, 0.1) is 5.92 Å². The van der Waals surface area contributed by atoms with Gasteiger partial charge in [-0.05, 0) is 38.2 Å². The predicted molar refractivity (Wildman–Crippen MR) is 49.8 cm³/mol. The van der Waals surface area contributed by atoms with Crippen LogP contribution in [0.3, 0.4) is 0 Å². The molecule has 1 heteroatoms. The minimum Gasteiger partial charge on any atom is -0.262 e. The quantitative estimate of drug-likeness (QED) is 0.547. The Morgan fingerprint density at radius 3 is 2.55 bits per heavy atom. The van der Waals surface area contributed by atoms with Crippen LogP contribution in [0.4, 0.5) is 0 Å². The van der Waals surface area contributed by atoms with Crippen molar-refractivity contribution >= 4 is 6.21 Å². The number of hydrogen-bond acceptors (Lipinski definition) is 1. The first-order valence-electron chi connectivity index (χ1n) is 4.10. The van der Waals surface area contributed by atoms with E-state index < -0.39 is 0 Å². The second-order valence-corrected chi connectivity index (χ2v) is 3.06. The van der Waals surface area contributed by atoms with Gasteiger partial charge in [-0.2, -0.15) is 0 Å². The molecule has 11 heavy (non-hydrogen) atoms. The summed E-state index contributed by atoms with van der Waals surface area (Å²) in [7, 11) is 0. The summed E-state index contributed by atoms with van der Waals surface area (Å²) in [5.74, 6) is 0.795. The van der Waals surface area contributed by atoms with E-state index in [0.29, 0.717) is 0 Å². The van der Waals surface area contributed by atoms with Gasteiger partial charge in [0.05, 0.1) is 0 Å². The lowest BCUT2D eigenvalue weighted by molar-refractivity contribution is 1.07. The second kappa shape index (κ2) is 3.51. The summed E-state index contributed by atoms with van der Waals surface area (Å²) in [6.07, 6.45) is 6.76. The summed E-state index contributed by atoms with van der Waals surface area (Å²) in [6.45, 7) is 7.70. The predicted octanol–water partition coefficient (Wildman–Crippen LogP) is 2.95. The Morgan fingerprint density at radius 2 is 2.18 bits per heavy atom. The van der Waals surface area contributed by atoms with Crippen LogP contribution in [0.15, 0.2) is 28.9 Å². The average Bonchev–Trinajstić information content (AvgIpc) is 2.72. The Balaban J connectivity index is 2.50. The highest BCUT2D eigenvalue weighted by molar-refractivity contribution is 5.80. The lowest BCUT2D eigenvalue weighted by Gasteiger charge is -1.94. The Bertz CT molecular complexity index is 207. The van der Waals surface area contributed by atoms with Crippen LogP contribution in [-0.2, 0) is 0 Å². The fourth-order valence-corrected chi connectivity index (χ4v) is 1.02. The van der Waals surface area contributed by atoms with E-state index in [0.717, 1.165) is 11.6 Å². The van der Waals surface area contributed by atoms with Crippen LogP contribution in [0.2, 0.25) is 0 Å². The van der Waals surface area contributed by atoms with E-state index in [2.05, 4.69) is 24.6 Å². The van der Waals surface area contributed by atoms with Gasteiger partial charge >= 0.3 is 0 Å². The van der Waals surface area contributed by atoms with Crippen LogP contribution in [-0.4, -0.2) is 6.21 Å². The molecule has 60 valence electrons. The normalized spacial score (nSPS) is 19.3. The molecule has 0 bridgehead atoms. The fourth-order valence-electron chi connectivity index (χ4n) is 1.02. The maximum atomic E-state index is 4.17. The lowest BCUT2D eigenvalue weighted by atomic mass is 10.2. The first kappa shape index (κ1) is 8.25. The van der Waals surface area contributed by atoms with Gasteiger partial charge < -0.3 is 0 Å². The number of hydrogen-bond donors (Lipinski definition) is 0. The zero-order valence-electron chi connectivity index (χ0n) is 7.30. The summed E-state index contributed by atoms with van der Waals surface area (Å²) in [5.41, 5.74) is 2.25. The van der Waals surface area contributed by atoms with Crippen LogP contribution < -0.4 is 0 Å². The molecule has 1 saturated carbocycles. The van der Waals surface area contributed by atoms with Gasteiger partial charge in [0.1, 0.15) is 0 Å². The van der Waals surface area contributed by atoms with Gasteiger partial charge in [-0.25, -0.2) is 0 Å². The molecule has 1 fully saturated rings. The molecular formula is C10H15N. The van der Waals surface area contributed by atoms with Crippen molar-refractivity contribution in [2.75, 3.05) is 0 Å². The molecule has 1 aliphatic rings. The van der Waals surface area contributed by atoms with Crippen molar-refractivity contribution in [1.29, 1.82) is 0 Å². The van der Waals surface area contributed by atoms with Crippen molar-refractivity contribution < 1.29 is 0 Å². The van der Waals surface area contributed by atoms with Gasteiger partial charge in [0.2, 0.25) is 0 Å². The van der Waals surface area contributed by atoms with Gasteiger partial charge in [0.25, 0.3) is 0 Å². The van der Waals surface area contributed by atoms with Crippen molar-refractivity contribution in [3.05, 3.63) is 23.9 Å². The molecule has 0 aromatic heterocycles. The third-order valence-electron chi connectivity index (χ3n) is 1.82. The molecule has 0 aliphatic heterocycles. The molecule has 0 N–H and O–H groups in total. The molecular weight excluding hydrogens is 134 g/mol. The van der Waals surface area contributed by atoms with E-state index in [9.17, 15) is 0 Å². The van der Waals surface area contributed by atoms with E-state index in [1.54, 1.807) is 0 Å². The molecule has 0 saturated heterocycles. The first-order valence-corrected chi connectivity index (χ1v) is 4.10. The minimum atomic E-state index is 0.795.